The van der Waals surface area contributed by atoms with Gasteiger partial charge in [0.1, 0.15) is 5.82 Å². The molecule has 1 aromatic heterocycles. The van der Waals surface area contributed by atoms with Crippen LogP contribution < -0.4 is 5.73 Å². The lowest BCUT2D eigenvalue weighted by Gasteiger charge is -2.17. The van der Waals surface area contributed by atoms with Crippen LogP contribution in [-0.4, -0.2) is 33.9 Å². The fraction of sp³-hybridized carbons (Fsp3) is 0.500. The smallest absolute Gasteiger partial charge is 0.182 e. The van der Waals surface area contributed by atoms with E-state index in [0.29, 0.717) is 29.2 Å². The first-order chi connectivity index (χ1) is 10.1. The van der Waals surface area contributed by atoms with E-state index in [9.17, 15) is 4.39 Å². The van der Waals surface area contributed by atoms with Crippen LogP contribution in [-0.2, 0) is 4.74 Å². The number of benzene rings is 1. The third-order valence-electron chi connectivity index (χ3n) is 3.46. The molecule has 1 heterocycles. The summed E-state index contributed by atoms with van der Waals surface area (Å²) in [5, 5.41) is 11.7. The van der Waals surface area contributed by atoms with Gasteiger partial charge in [-0.25, -0.2) is 9.07 Å². The Morgan fingerprint density at radius 2 is 2.19 bits per heavy atom. The van der Waals surface area contributed by atoms with Crippen LogP contribution in [0.3, 0.4) is 0 Å². The number of nitrogens with zero attached hydrogens (tertiary/aromatic N) is 4. The van der Waals surface area contributed by atoms with E-state index >= 15 is 0 Å². The summed E-state index contributed by atoms with van der Waals surface area (Å²) in [4.78, 5) is 0. The molecule has 0 radical (unpaired) electrons. The maximum absolute atomic E-state index is 13.9. The lowest BCUT2D eigenvalue weighted by Crippen LogP contribution is -2.17. The van der Waals surface area contributed by atoms with E-state index in [4.69, 9.17) is 10.5 Å². The highest BCUT2D eigenvalue weighted by Gasteiger charge is 2.19. The predicted molar refractivity (Wildman–Crippen MR) is 78.2 cm³/mol. The second kappa shape index (κ2) is 6.62. The van der Waals surface area contributed by atoms with E-state index in [1.54, 1.807) is 24.8 Å². The topological polar surface area (TPSA) is 78.8 Å². The first-order valence-corrected chi connectivity index (χ1v) is 6.91. The second-order valence-corrected chi connectivity index (χ2v) is 5.02. The van der Waals surface area contributed by atoms with E-state index < -0.39 is 0 Å². The van der Waals surface area contributed by atoms with E-state index in [2.05, 4.69) is 22.4 Å². The summed E-state index contributed by atoms with van der Waals surface area (Å²) in [6, 6.07) is 3.11. The van der Waals surface area contributed by atoms with Crippen molar-refractivity contribution in [3.63, 3.8) is 0 Å². The molecule has 0 aliphatic carbocycles. The molecular formula is C14H20FN5O. The van der Waals surface area contributed by atoms with Crippen LogP contribution in [0, 0.1) is 12.7 Å². The molecule has 0 fully saturated rings. The number of tetrazole rings is 1. The Morgan fingerprint density at radius 3 is 2.81 bits per heavy atom. The Kier molecular flexibility index (Phi) is 4.85. The Labute approximate surface area is 123 Å². The maximum atomic E-state index is 13.9. The number of aromatic nitrogens is 4. The summed E-state index contributed by atoms with van der Waals surface area (Å²) in [7, 11) is 1.64. The van der Waals surface area contributed by atoms with Crippen LogP contribution in [0.5, 0.6) is 0 Å². The van der Waals surface area contributed by atoms with Crippen LogP contribution in [0.25, 0.3) is 11.4 Å². The van der Waals surface area contributed by atoms with Gasteiger partial charge in [-0.1, -0.05) is 13.3 Å². The number of rotatable bonds is 6. The molecule has 2 aromatic rings. The summed E-state index contributed by atoms with van der Waals surface area (Å²) in [5.74, 6) is 0.134. The van der Waals surface area contributed by atoms with Gasteiger partial charge in [-0.05, 0) is 35.9 Å². The minimum atomic E-state index is -0.363. The average molecular weight is 293 g/mol. The van der Waals surface area contributed by atoms with Gasteiger partial charge < -0.3 is 10.5 Å². The Balaban J connectivity index is 2.44. The van der Waals surface area contributed by atoms with Crippen molar-refractivity contribution in [1.29, 1.82) is 0 Å². The summed E-state index contributed by atoms with van der Waals surface area (Å²) in [6.07, 6.45) is 1.84. The van der Waals surface area contributed by atoms with E-state index in [-0.39, 0.29) is 11.9 Å². The lowest BCUT2D eigenvalue weighted by atomic mass is 10.1. The molecule has 0 amide bonds. The number of anilines is 1. The summed E-state index contributed by atoms with van der Waals surface area (Å²) >= 11 is 0. The van der Waals surface area contributed by atoms with Gasteiger partial charge in [0.05, 0.1) is 12.6 Å². The fourth-order valence-corrected chi connectivity index (χ4v) is 2.26. The molecule has 1 atom stereocenters. The standard InChI is InChI=1S/C14H20FN5O/c1-4-5-11(8-21-3)20-14(17-18-19-20)10-6-12(15)9(2)13(16)7-10/h6-7,11H,4-5,8,16H2,1-3H3. The summed E-state index contributed by atoms with van der Waals surface area (Å²) in [5.41, 5.74) is 7.21. The van der Waals surface area contributed by atoms with Gasteiger partial charge in [0.15, 0.2) is 5.82 Å². The normalized spacial score (nSPS) is 12.6. The first kappa shape index (κ1) is 15.4. The Morgan fingerprint density at radius 1 is 1.43 bits per heavy atom. The van der Waals surface area contributed by atoms with Gasteiger partial charge in [0, 0.05) is 23.9 Å². The zero-order valence-electron chi connectivity index (χ0n) is 12.5. The molecule has 114 valence electrons. The molecule has 2 N–H and O–H groups in total. The molecule has 0 aliphatic rings. The van der Waals surface area contributed by atoms with Crippen molar-refractivity contribution in [1.82, 2.24) is 20.2 Å². The molecule has 21 heavy (non-hydrogen) atoms. The molecule has 1 unspecified atom stereocenters. The van der Waals surface area contributed by atoms with Crippen molar-refractivity contribution in [2.45, 2.75) is 32.7 Å². The molecule has 6 nitrogen and oxygen atoms in total. The van der Waals surface area contributed by atoms with E-state index in [1.807, 2.05) is 0 Å². The number of ether oxygens (including phenoxy) is 1. The number of hydrogen-bond donors (Lipinski definition) is 1. The highest BCUT2D eigenvalue weighted by Crippen LogP contribution is 2.27. The Hall–Kier alpha value is -2.02. The van der Waals surface area contributed by atoms with Gasteiger partial charge in [0.2, 0.25) is 0 Å². The molecule has 0 saturated carbocycles. The SMILES string of the molecule is CCCC(COC)n1nnnc1-c1cc(N)c(C)c(F)c1. The maximum Gasteiger partial charge on any atom is 0.182 e. The fourth-order valence-electron chi connectivity index (χ4n) is 2.26. The van der Waals surface area contributed by atoms with Gasteiger partial charge >= 0.3 is 0 Å². The van der Waals surface area contributed by atoms with Crippen molar-refractivity contribution < 1.29 is 9.13 Å². The van der Waals surface area contributed by atoms with Crippen molar-refractivity contribution in [2.75, 3.05) is 19.5 Å². The molecule has 0 bridgehead atoms. The van der Waals surface area contributed by atoms with Crippen molar-refractivity contribution in [3.8, 4) is 11.4 Å². The van der Waals surface area contributed by atoms with Crippen molar-refractivity contribution in [3.05, 3.63) is 23.5 Å². The second-order valence-electron chi connectivity index (χ2n) is 5.02. The van der Waals surface area contributed by atoms with Gasteiger partial charge in [-0.2, -0.15) is 0 Å². The van der Waals surface area contributed by atoms with Gasteiger partial charge in [-0.3, -0.25) is 0 Å². The number of nitrogens with two attached hydrogens (primary N) is 1. The zero-order chi connectivity index (χ0) is 15.4. The lowest BCUT2D eigenvalue weighted by molar-refractivity contribution is 0.144. The monoisotopic (exact) mass is 293 g/mol. The number of nitrogen functional groups attached to an aromatic ring is 1. The molecular weight excluding hydrogens is 273 g/mol. The third kappa shape index (κ3) is 3.18. The predicted octanol–water partition coefficient (Wildman–Crippen LogP) is 2.36. The number of methoxy groups -OCH3 is 1. The first-order valence-electron chi connectivity index (χ1n) is 6.91. The van der Waals surface area contributed by atoms with E-state index in [1.165, 1.54) is 6.07 Å². The third-order valence-corrected chi connectivity index (χ3v) is 3.46. The zero-order valence-corrected chi connectivity index (χ0v) is 12.5. The molecule has 1 aromatic carbocycles. The highest BCUT2D eigenvalue weighted by atomic mass is 19.1. The van der Waals surface area contributed by atoms with Crippen LogP contribution in [0.15, 0.2) is 12.1 Å². The van der Waals surface area contributed by atoms with Crippen molar-refractivity contribution >= 4 is 5.69 Å². The van der Waals surface area contributed by atoms with Crippen molar-refractivity contribution in [2.24, 2.45) is 0 Å². The largest absolute Gasteiger partial charge is 0.398 e. The molecule has 2 rings (SSSR count). The van der Waals surface area contributed by atoms with Crippen LogP contribution in [0.4, 0.5) is 10.1 Å². The minimum absolute atomic E-state index is 0.00980. The minimum Gasteiger partial charge on any atom is -0.398 e. The van der Waals surface area contributed by atoms with Crippen LogP contribution in [0.1, 0.15) is 31.4 Å². The molecule has 0 aliphatic heterocycles. The van der Waals surface area contributed by atoms with Crippen LogP contribution in [0.2, 0.25) is 0 Å². The highest BCUT2D eigenvalue weighted by molar-refractivity contribution is 5.64. The average Bonchev–Trinajstić information content (AvgIpc) is 2.93. The number of hydrogen-bond acceptors (Lipinski definition) is 5. The summed E-state index contributed by atoms with van der Waals surface area (Å²) in [6.45, 7) is 4.22. The quantitative estimate of drug-likeness (QED) is 0.827. The van der Waals surface area contributed by atoms with E-state index in [0.717, 1.165) is 12.8 Å². The van der Waals surface area contributed by atoms with Gasteiger partial charge in [-0.15, -0.1) is 5.10 Å². The molecule has 7 heteroatoms. The van der Waals surface area contributed by atoms with Crippen LogP contribution >= 0.6 is 0 Å². The molecule has 0 spiro atoms. The Bertz CT molecular complexity index is 584. The number of halogens is 1. The molecule has 0 saturated heterocycles. The van der Waals surface area contributed by atoms with Gasteiger partial charge in [0.25, 0.3) is 0 Å². The summed E-state index contributed by atoms with van der Waals surface area (Å²) < 4.78 is 20.8.